The Bertz CT molecular complexity index is 394. The molecule has 0 spiro atoms. The lowest BCUT2D eigenvalue weighted by molar-refractivity contribution is -0.385. The molecule has 0 bridgehead atoms. The van der Waals surface area contributed by atoms with Gasteiger partial charge < -0.3 is 5.32 Å². The Morgan fingerprint density at radius 1 is 1.47 bits per heavy atom. The minimum atomic E-state index is -0.397. The summed E-state index contributed by atoms with van der Waals surface area (Å²) in [5.41, 5.74) is 0.748. The molecule has 0 aliphatic carbocycles. The van der Waals surface area contributed by atoms with Crippen LogP contribution in [0.3, 0.4) is 0 Å². The standard InChI is InChI=1S/C12H17ClN2O2/c1-9(2)5-6-14-8-10-3-4-11(13)7-12(10)15(16)17/h3-4,7,9,14H,5-6,8H2,1-2H3. The Hall–Kier alpha value is -1.13. The van der Waals surface area contributed by atoms with Crippen LogP contribution in [-0.4, -0.2) is 11.5 Å². The van der Waals surface area contributed by atoms with Crippen LogP contribution in [-0.2, 0) is 6.54 Å². The molecular formula is C12H17ClN2O2. The van der Waals surface area contributed by atoms with Gasteiger partial charge in [0.2, 0.25) is 0 Å². The van der Waals surface area contributed by atoms with E-state index < -0.39 is 4.92 Å². The van der Waals surface area contributed by atoms with E-state index in [4.69, 9.17) is 11.6 Å². The van der Waals surface area contributed by atoms with Crippen LogP contribution in [0.25, 0.3) is 0 Å². The monoisotopic (exact) mass is 256 g/mol. The van der Waals surface area contributed by atoms with Crippen molar-refractivity contribution in [3.8, 4) is 0 Å². The Morgan fingerprint density at radius 3 is 2.76 bits per heavy atom. The molecule has 1 rings (SSSR count). The fourth-order valence-corrected chi connectivity index (χ4v) is 1.64. The Morgan fingerprint density at radius 2 is 2.18 bits per heavy atom. The first-order chi connectivity index (χ1) is 8.00. The summed E-state index contributed by atoms with van der Waals surface area (Å²) in [6.45, 7) is 5.65. The van der Waals surface area contributed by atoms with Gasteiger partial charge in [-0.15, -0.1) is 0 Å². The first-order valence-electron chi connectivity index (χ1n) is 5.64. The number of hydrogen-bond acceptors (Lipinski definition) is 3. The van der Waals surface area contributed by atoms with E-state index in [-0.39, 0.29) is 5.69 Å². The maximum Gasteiger partial charge on any atom is 0.275 e. The minimum absolute atomic E-state index is 0.0783. The average molecular weight is 257 g/mol. The summed E-state index contributed by atoms with van der Waals surface area (Å²) < 4.78 is 0. The average Bonchev–Trinajstić information content (AvgIpc) is 2.25. The molecule has 1 N–H and O–H groups in total. The first kappa shape index (κ1) is 13.9. The van der Waals surface area contributed by atoms with Crippen molar-refractivity contribution in [3.63, 3.8) is 0 Å². The number of halogens is 1. The number of hydrogen-bond donors (Lipinski definition) is 1. The van der Waals surface area contributed by atoms with E-state index in [0.29, 0.717) is 23.0 Å². The van der Waals surface area contributed by atoms with Crippen molar-refractivity contribution in [2.45, 2.75) is 26.8 Å². The molecule has 4 nitrogen and oxygen atoms in total. The SMILES string of the molecule is CC(C)CCNCc1ccc(Cl)cc1[N+](=O)[O-]. The zero-order valence-corrected chi connectivity index (χ0v) is 10.8. The van der Waals surface area contributed by atoms with Crippen LogP contribution >= 0.6 is 11.6 Å². The molecule has 1 aromatic carbocycles. The molecule has 17 heavy (non-hydrogen) atoms. The molecular weight excluding hydrogens is 240 g/mol. The smallest absolute Gasteiger partial charge is 0.275 e. The van der Waals surface area contributed by atoms with Crippen molar-refractivity contribution in [2.24, 2.45) is 5.92 Å². The molecule has 0 saturated heterocycles. The Kier molecular flexibility index (Phi) is 5.38. The van der Waals surface area contributed by atoms with E-state index in [9.17, 15) is 10.1 Å². The number of benzene rings is 1. The molecule has 1 aromatic rings. The van der Waals surface area contributed by atoms with Crippen LogP contribution in [0.4, 0.5) is 5.69 Å². The van der Waals surface area contributed by atoms with Gasteiger partial charge in [-0.25, -0.2) is 0 Å². The zero-order valence-electron chi connectivity index (χ0n) is 10.1. The third-order valence-electron chi connectivity index (χ3n) is 2.46. The molecule has 0 fully saturated rings. The molecule has 0 saturated carbocycles. The molecule has 5 heteroatoms. The van der Waals surface area contributed by atoms with Gasteiger partial charge in [-0.05, 0) is 31.0 Å². The normalized spacial score (nSPS) is 10.8. The minimum Gasteiger partial charge on any atom is -0.312 e. The molecule has 0 radical (unpaired) electrons. The van der Waals surface area contributed by atoms with Gasteiger partial charge in [-0.3, -0.25) is 10.1 Å². The van der Waals surface area contributed by atoms with Crippen LogP contribution in [0.1, 0.15) is 25.8 Å². The molecule has 94 valence electrons. The fourth-order valence-electron chi connectivity index (χ4n) is 1.47. The van der Waals surface area contributed by atoms with Crippen LogP contribution in [0.2, 0.25) is 5.02 Å². The van der Waals surface area contributed by atoms with Crippen molar-refractivity contribution in [3.05, 3.63) is 38.9 Å². The Labute approximate surface area is 106 Å². The summed E-state index contributed by atoms with van der Waals surface area (Å²) in [7, 11) is 0. The van der Waals surface area contributed by atoms with Crippen molar-refractivity contribution >= 4 is 17.3 Å². The molecule has 0 amide bonds. The summed E-state index contributed by atoms with van der Waals surface area (Å²) in [6.07, 6.45) is 1.06. The second kappa shape index (κ2) is 6.57. The van der Waals surface area contributed by atoms with Gasteiger partial charge in [0.05, 0.1) is 4.92 Å². The summed E-state index contributed by atoms with van der Waals surface area (Å²) in [5.74, 6) is 0.628. The number of nitro benzene ring substituents is 1. The predicted octanol–water partition coefficient (Wildman–Crippen LogP) is 3.38. The van der Waals surface area contributed by atoms with E-state index in [1.165, 1.54) is 6.07 Å². The summed E-state index contributed by atoms with van der Waals surface area (Å²) >= 11 is 5.74. The topological polar surface area (TPSA) is 55.2 Å². The number of nitrogens with zero attached hydrogens (tertiary/aromatic N) is 1. The summed E-state index contributed by atoms with van der Waals surface area (Å²) in [5, 5.41) is 14.4. The lowest BCUT2D eigenvalue weighted by Gasteiger charge is -2.07. The quantitative estimate of drug-likeness (QED) is 0.482. The van der Waals surface area contributed by atoms with Crippen molar-refractivity contribution < 1.29 is 4.92 Å². The highest BCUT2D eigenvalue weighted by Gasteiger charge is 2.13. The van der Waals surface area contributed by atoms with Crippen LogP contribution in [0, 0.1) is 16.0 Å². The van der Waals surface area contributed by atoms with Gasteiger partial charge in [0, 0.05) is 23.2 Å². The second-order valence-corrected chi connectivity index (χ2v) is 4.83. The van der Waals surface area contributed by atoms with Crippen LogP contribution in [0.5, 0.6) is 0 Å². The largest absolute Gasteiger partial charge is 0.312 e. The third kappa shape index (κ3) is 4.71. The number of nitro groups is 1. The Balaban J connectivity index is 2.61. The van der Waals surface area contributed by atoms with E-state index >= 15 is 0 Å². The predicted molar refractivity (Wildman–Crippen MR) is 69.3 cm³/mol. The lowest BCUT2D eigenvalue weighted by Crippen LogP contribution is -2.17. The van der Waals surface area contributed by atoms with Gasteiger partial charge in [0.15, 0.2) is 0 Å². The molecule has 0 aliphatic rings. The maximum absolute atomic E-state index is 10.8. The van der Waals surface area contributed by atoms with E-state index in [0.717, 1.165) is 13.0 Å². The second-order valence-electron chi connectivity index (χ2n) is 4.39. The van der Waals surface area contributed by atoms with Gasteiger partial charge in [0.1, 0.15) is 0 Å². The summed E-state index contributed by atoms with van der Waals surface area (Å²) in [6, 6.07) is 4.76. The number of rotatable bonds is 6. The first-order valence-corrected chi connectivity index (χ1v) is 6.02. The molecule has 0 aromatic heterocycles. The van der Waals surface area contributed by atoms with Gasteiger partial charge in [0.25, 0.3) is 5.69 Å². The lowest BCUT2D eigenvalue weighted by atomic mass is 10.1. The van der Waals surface area contributed by atoms with Crippen molar-refractivity contribution in [1.82, 2.24) is 5.32 Å². The van der Waals surface area contributed by atoms with Crippen LogP contribution in [0.15, 0.2) is 18.2 Å². The van der Waals surface area contributed by atoms with Gasteiger partial charge >= 0.3 is 0 Å². The molecule has 0 aliphatic heterocycles. The molecule has 0 atom stereocenters. The highest BCUT2D eigenvalue weighted by molar-refractivity contribution is 6.30. The number of nitrogens with one attached hydrogen (secondary N) is 1. The molecule has 0 unspecified atom stereocenters. The van der Waals surface area contributed by atoms with E-state index in [2.05, 4.69) is 19.2 Å². The summed E-state index contributed by atoms with van der Waals surface area (Å²) in [4.78, 5) is 10.4. The maximum atomic E-state index is 10.8. The third-order valence-corrected chi connectivity index (χ3v) is 2.69. The van der Waals surface area contributed by atoms with Gasteiger partial charge in [-0.2, -0.15) is 0 Å². The van der Waals surface area contributed by atoms with Crippen molar-refractivity contribution in [2.75, 3.05) is 6.54 Å². The highest BCUT2D eigenvalue weighted by Crippen LogP contribution is 2.22. The fraction of sp³-hybridized carbons (Fsp3) is 0.500. The van der Waals surface area contributed by atoms with E-state index in [1.807, 2.05) is 0 Å². The van der Waals surface area contributed by atoms with E-state index in [1.54, 1.807) is 12.1 Å². The van der Waals surface area contributed by atoms with Crippen LogP contribution < -0.4 is 5.32 Å². The highest BCUT2D eigenvalue weighted by atomic mass is 35.5. The van der Waals surface area contributed by atoms with Crippen molar-refractivity contribution in [1.29, 1.82) is 0 Å². The van der Waals surface area contributed by atoms with Gasteiger partial charge in [-0.1, -0.05) is 25.4 Å². The molecule has 0 heterocycles. The zero-order chi connectivity index (χ0) is 12.8.